The summed E-state index contributed by atoms with van der Waals surface area (Å²) in [5.74, 6) is 1.36. The highest BCUT2D eigenvalue weighted by atomic mass is 19.1. The largest absolute Gasteiger partial charge is 0.444 e. The number of aromatic nitrogens is 5. The molecule has 0 bridgehead atoms. The molecule has 1 saturated carbocycles. The lowest BCUT2D eigenvalue weighted by molar-refractivity contribution is 0.0110. The molecule has 222 valence electrons. The third kappa shape index (κ3) is 6.11. The van der Waals surface area contributed by atoms with Gasteiger partial charge in [0.25, 0.3) is 0 Å². The fraction of sp³-hybridized carbons (Fsp3) is 0.484. The van der Waals surface area contributed by atoms with E-state index in [2.05, 4.69) is 37.2 Å². The predicted molar refractivity (Wildman–Crippen MR) is 160 cm³/mol. The lowest BCUT2D eigenvalue weighted by Crippen LogP contribution is -2.50. The Hall–Kier alpha value is -3.99. The smallest absolute Gasteiger partial charge is 0.410 e. The molecule has 1 aromatic carbocycles. The number of benzene rings is 1. The average molecular weight is 575 g/mol. The normalized spacial score (nSPS) is 17.3. The number of hydrogen-bond donors (Lipinski definition) is 2. The second kappa shape index (κ2) is 11.4. The first-order valence-corrected chi connectivity index (χ1v) is 14.8. The van der Waals surface area contributed by atoms with E-state index in [9.17, 15) is 4.79 Å². The summed E-state index contributed by atoms with van der Waals surface area (Å²) in [6, 6.07) is 7.68. The molecule has 6 rings (SSSR count). The number of amides is 1. The molecule has 3 aromatic heterocycles. The number of anilines is 2. The van der Waals surface area contributed by atoms with E-state index in [1.54, 1.807) is 23.4 Å². The molecule has 10 nitrogen and oxygen atoms in total. The quantitative estimate of drug-likeness (QED) is 0.274. The number of ether oxygens (including phenoxy) is 1. The van der Waals surface area contributed by atoms with E-state index in [1.807, 2.05) is 49.8 Å². The molecule has 2 N–H and O–H groups in total. The molecule has 1 aliphatic heterocycles. The van der Waals surface area contributed by atoms with Crippen molar-refractivity contribution in [2.24, 2.45) is 5.92 Å². The van der Waals surface area contributed by atoms with Gasteiger partial charge in [-0.25, -0.2) is 19.2 Å². The fourth-order valence-electron chi connectivity index (χ4n) is 5.59. The van der Waals surface area contributed by atoms with Gasteiger partial charge in [-0.1, -0.05) is 6.42 Å². The summed E-state index contributed by atoms with van der Waals surface area (Å²) in [6.07, 6.45) is 8.91. The Balaban J connectivity index is 1.11. The summed E-state index contributed by atoms with van der Waals surface area (Å²) >= 11 is 0. The van der Waals surface area contributed by atoms with Crippen LogP contribution in [-0.4, -0.2) is 72.4 Å². The van der Waals surface area contributed by atoms with Crippen molar-refractivity contribution in [3.8, 4) is 11.1 Å². The van der Waals surface area contributed by atoms with Gasteiger partial charge in [0.2, 0.25) is 5.95 Å². The van der Waals surface area contributed by atoms with Gasteiger partial charge in [0.15, 0.2) is 5.82 Å². The van der Waals surface area contributed by atoms with E-state index in [0.29, 0.717) is 47.4 Å². The lowest BCUT2D eigenvalue weighted by Gasteiger charge is -2.38. The first kappa shape index (κ1) is 28.1. The molecule has 42 heavy (non-hydrogen) atoms. The van der Waals surface area contributed by atoms with Crippen LogP contribution in [-0.2, 0) is 11.3 Å². The molecular formula is C31H39FN8O2. The van der Waals surface area contributed by atoms with Crippen LogP contribution >= 0.6 is 0 Å². The number of fused-ring (bicyclic) bond motifs is 1. The molecule has 1 unspecified atom stereocenters. The number of nitrogens with zero attached hydrogens (tertiary/aromatic N) is 6. The summed E-state index contributed by atoms with van der Waals surface area (Å²) in [5.41, 5.74) is 2.71. The summed E-state index contributed by atoms with van der Waals surface area (Å²) in [4.78, 5) is 28.7. The average Bonchev–Trinajstić information content (AvgIpc) is 3.57. The second-order valence-corrected chi connectivity index (χ2v) is 12.4. The minimum Gasteiger partial charge on any atom is -0.444 e. The van der Waals surface area contributed by atoms with Crippen molar-refractivity contribution in [1.82, 2.24) is 34.5 Å². The lowest BCUT2D eigenvalue weighted by atomic mass is 9.85. The van der Waals surface area contributed by atoms with Gasteiger partial charge >= 0.3 is 6.09 Å². The number of H-pyrrole nitrogens is 1. The Morgan fingerprint density at radius 1 is 1.19 bits per heavy atom. The van der Waals surface area contributed by atoms with Gasteiger partial charge < -0.3 is 19.9 Å². The molecule has 4 heterocycles. The molecule has 2 fully saturated rings. The standard InChI is InChI=1S/C31H39FN8O2/c1-20(38-12-14-39(15-13-38)30(41)42-31(2,3)4)22-10-11-33-26(16-22)36-29-35-25-9-8-24(27(32)28(25)37-29)23-17-34-40(19-23)18-21-6-5-7-21/h8-11,16-17,19-21H,5-7,12-15,18H2,1-4H3,(H2,33,35,36,37). The summed E-state index contributed by atoms with van der Waals surface area (Å²) in [6.45, 7) is 11.4. The molecule has 1 amide bonds. The van der Waals surface area contributed by atoms with Gasteiger partial charge in [0.1, 0.15) is 16.9 Å². The third-order valence-electron chi connectivity index (χ3n) is 8.24. The van der Waals surface area contributed by atoms with Crippen molar-refractivity contribution in [3.05, 3.63) is 54.2 Å². The highest BCUT2D eigenvalue weighted by Crippen LogP contribution is 2.31. The number of aromatic amines is 1. The topological polar surface area (TPSA) is 104 Å². The number of hydrogen-bond acceptors (Lipinski definition) is 7. The maximum Gasteiger partial charge on any atom is 0.410 e. The number of carbonyl (C=O) groups is 1. The van der Waals surface area contributed by atoms with Crippen LogP contribution in [0.1, 0.15) is 58.6 Å². The van der Waals surface area contributed by atoms with Crippen molar-refractivity contribution in [2.75, 3.05) is 31.5 Å². The molecule has 0 radical (unpaired) electrons. The van der Waals surface area contributed by atoms with E-state index < -0.39 is 5.60 Å². The van der Waals surface area contributed by atoms with Crippen LogP contribution in [0.4, 0.5) is 21.0 Å². The maximum absolute atomic E-state index is 15.6. The predicted octanol–water partition coefficient (Wildman–Crippen LogP) is 6.12. The van der Waals surface area contributed by atoms with E-state index in [0.717, 1.165) is 30.8 Å². The van der Waals surface area contributed by atoms with E-state index >= 15 is 4.39 Å². The molecule has 1 atom stereocenters. The van der Waals surface area contributed by atoms with Crippen molar-refractivity contribution >= 4 is 28.9 Å². The number of carbonyl (C=O) groups excluding carboxylic acids is 1. The first-order valence-electron chi connectivity index (χ1n) is 14.8. The Bertz CT molecular complexity index is 1560. The van der Waals surface area contributed by atoms with E-state index in [-0.39, 0.29) is 18.0 Å². The van der Waals surface area contributed by atoms with Crippen molar-refractivity contribution < 1.29 is 13.9 Å². The molecule has 2 aliphatic rings. The van der Waals surface area contributed by atoms with Crippen molar-refractivity contribution in [3.63, 3.8) is 0 Å². The summed E-state index contributed by atoms with van der Waals surface area (Å²) in [5, 5.41) is 7.67. The minimum atomic E-state index is -0.505. The number of halogens is 1. The Labute approximate surface area is 245 Å². The second-order valence-electron chi connectivity index (χ2n) is 12.4. The van der Waals surface area contributed by atoms with Crippen LogP contribution in [0.3, 0.4) is 0 Å². The van der Waals surface area contributed by atoms with Gasteiger partial charge in [-0.3, -0.25) is 9.58 Å². The SMILES string of the molecule is CC(c1ccnc(Nc2nc3ccc(-c4cnn(CC5CCC5)c4)c(F)c3[nH]2)c1)N1CCN(C(=O)OC(C)(C)C)CC1. The number of rotatable bonds is 7. The first-order chi connectivity index (χ1) is 20.1. The van der Waals surface area contributed by atoms with Gasteiger partial charge in [0, 0.05) is 62.3 Å². The fourth-order valence-corrected chi connectivity index (χ4v) is 5.59. The van der Waals surface area contributed by atoms with Crippen LogP contribution in [0, 0.1) is 11.7 Å². The van der Waals surface area contributed by atoms with Gasteiger partial charge in [-0.05, 0) is 76.3 Å². The highest BCUT2D eigenvalue weighted by Gasteiger charge is 2.28. The monoisotopic (exact) mass is 574 g/mol. The van der Waals surface area contributed by atoms with Crippen LogP contribution in [0.5, 0.6) is 0 Å². The zero-order valence-corrected chi connectivity index (χ0v) is 24.7. The van der Waals surface area contributed by atoms with Crippen LogP contribution in [0.25, 0.3) is 22.2 Å². The molecule has 0 spiro atoms. The molecule has 1 aliphatic carbocycles. The number of piperazine rings is 1. The molecule has 11 heteroatoms. The summed E-state index contributed by atoms with van der Waals surface area (Å²) in [7, 11) is 0. The summed E-state index contributed by atoms with van der Waals surface area (Å²) < 4.78 is 23.0. The van der Waals surface area contributed by atoms with Gasteiger partial charge in [0.05, 0.1) is 11.7 Å². The Morgan fingerprint density at radius 3 is 2.69 bits per heavy atom. The maximum atomic E-state index is 15.6. The zero-order valence-electron chi connectivity index (χ0n) is 24.7. The zero-order chi connectivity index (χ0) is 29.4. The third-order valence-corrected chi connectivity index (χ3v) is 8.24. The number of imidazole rings is 1. The van der Waals surface area contributed by atoms with Crippen LogP contribution in [0.2, 0.25) is 0 Å². The van der Waals surface area contributed by atoms with Gasteiger partial charge in [-0.2, -0.15) is 5.10 Å². The van der Waals surface area contributed by atoms with Crippen molar-refractivity contribution in [2.45, 2.75) is 65.1 Å². The number of pyridine rings is 1. The Morgan fingerprint density at radius 2 is 1.98 bits per heavy atom. The van der Waals surface area contributed by atoms with E-state index in [1.165, 1.54) is 19.3 Å². The van der Waals surface area contributed by atoms with Gasteiger partial charge in [-0.15, -0.1) is 0 Å². The minimum absolute atomic E-state index is 0.121. The Kier molecular flexibility index (Phi) is 7.61. The van der Waals surface area contributed by atoms with Crippen LogP contribution in [0.15, 0.2) is 42.9 Å². The highest BCUT2D eigenvalue weighted by molar-refractivity contribution is 5.84. The van der Waals surface area contributed by atoms with Crippen LogP contribution < -0.4 is 5.32 Å². The number of nitrogens with one attached hydrogen (secondary N) is 2. The van der Waals surface area contributed by atoms with E-state index in [4.69, 9.17) is 4.74 Å². The molecule has 4 aromatic rings. The molecule has 1 saturated heterocycles. The molecular weight excluding hydrogens is 535 g/mol. The van der Waals surface area contributed by atoms with Crippen molar-refractivity contribution in [1.29, 1.82) is 0 Å².